The van der Waals surface area contributed by atoms with E-state index in [9.17, 15) is 0 Å². The summed E-state index contributed by atoms with van der Waals surface area (Å²) in [5.74, 6) is 0. The largest absolute Gasteiger partial charge is 0.369 e. The highest BCUT2D eigenvalue weighted by molar-refractivity contribution is 6.76. The van der Waals surface area contributed by atoms with Crippen LogP contribution in [0.1, 0.15) is 18.5 Å². The van der Waals surface area contributed by atoms with E-state index in [1.807, 2.05) is 0 Å². The van der Waals surface area contributed by atoms with Gasteiger partial charge in [-0.05, 0) is 29.4 Å². The molecule has 0 bridgehead atoms. The molecular weight excluding hydrogens is 274 g/mol. The molecule has 21 heavy (non-hydrogen) atoms. The molecule has 2 aromatic carbocycles. The van der Waals surface area contributed by atoms with Gasteiger partial charge in [0.05, 0.1) is 14.8 Å². The second-order valence-electron chi connectivity index (χ2n) is 6.97. The van der Waals surface area contributed by atoms with E-state index in [-0.39, 0.29) is 0 Å². The molecule has 0 aromatic heterocycles. The fraction of sp³-hybridized carbons (Fsp3) is 0.444. The van der Waals surface area contributed by atoms with Crippen molar-refractivity contribution in [1.29, 1.82) is 0 Å². The number of ether oxygens (including phenoxy) is 1. The standard InChI is InChI=1S/C18H27NOSi/c1-15(19(13-20-2)14-21(3,4)5)17-12-8-10-16-9-6-7-11-18(16)17/h6-12,15H,13-14H2,1-5H3/t15-/m0/s1. The molecule has 0 fully saturated rings. The maximum Gasteiger partial charge on any atom is 0.0988 e. The van der Waals surface area contributed by atoms with Crippen molar-refractivity contribution in [3.63, 3.8) is 0 Å². The molecule has 114 valence electrons. The van der Waals surface area contributed by atoms with Gasteiger partial charge in [-0.1, -0.05) is 62.1 Å². The minimum absolute atomic E-state index is 0.364. The van der Waals surface area contributed by atoms with Crippen LogP contribution in [0.5, 0.6) is 0 Å². The number of methoxy groups -OCH3 is 1. The lowest BCUT2D eigenvalue weighted by atomic mass is 9.99. The molecule has 0 saturated carbocycles. The third-order valence-electron chi connectivity index (χ3n) is 3.79. The van der Waals surface area contributed by atoms with E-state index in [1.54, 1.807) is 7.11 Å². The Labute approximate surface area is 129 Å². The monoisotopic (exact) mass is 301 g/mol. The maximum absolute atomic E-state index is 5.45. The van der Waals surface area contributed by atoms with Crippen molar-refractivity contribution in [1.82, 2.24) is 4.90 Å². The van der Waals surface area contributed by atoms with Gasteiger partial charge in [-0.3, -0.25) is 4.90 Å². The van der Waals surface area contributed by atoms with Gasteiger partial charge in [0.1, 0.15) is 0 Å². The van der Waals surface area contributed by atoms with Gasteiger partial charge >= 0.3 is 0 Å². The molecule has 0 spiro atoms. The van der Waals surface area contributed by atoms with Crippen LogP contribution in [0.3, 0.4) is 0 Å². The van der Waals surface area contributed by atoms with E-state index in [0.717, 1.165) is 6.17 Å². The van der Waals surface area contributed by atoms with Gasteiger partial charge < -0.3 is 4.74 Å². The predicted octanol–water partition coefficient (Wildman–Crippen LogP) is 4.68. The minimum Gasteiger partial charge on any atom is -0.369 e. The van der Waals surface area contributed by atoms with Crippen molar-refractivity contribution in [2.24, 2.45) is 0 Å². The first-order valence-electron chi connectivity index (χ1n) is 7.63. The molecule has 0 aliphatic rings. The summed E-state index contributed by atoms with van der Waals surface area (Å²) < 4.78 is 5.45. The normalized spacial score (nSPS) is 13.8. The van der Waals surface area contributed by atoms with Gasteiger partial charge in [-0.25, -0.2) is 0 Å². The van der Waals surface area contributed by atoms with Crippen molar-refractivity contribution in [2.75, 3.05) is 20.0 Å². The summed E-state index contributed by atoms with van der Waals surface area (Å²) in [6, 6.07) is 15.6. The molecule has 0 heterocycles. The van der Waals surface area contributed by atoms with E-state index in [1.165, 1.54) is 16.3 Å². The maximum atomic E-state index is 5.45. The summed E-state index contributed by atoms with van der Waals surface area (Å²) in [5.41, 5.74) is 1.39. The summed E-state index contributed by atoms with van der Waals surface area (Å²) in [6.07, 6.45) is 1.14. The zero-order valence-corrected chi connectivity index (χ0v) is 14.9. The molecule has 0 radical (unpaired) electrons. The lowest BCUT2D eigenvalue weighted by Crippen LogP contribution is -2.42. The molecule has 2 aromatic rings. The molecule has 0 N–H and O–H groups in total. The van der Waals surface area contributed by atoms with Crippen LogP contribution in [0.2, 0.25) is 19.6 Å². The van der Waals surface area contributed by atoms with Crippen molar-refractivity contribution in [3.05, 3.63) is 48.0 Å². The molecule has 0 amide bonds. The molecule has 2 rings (SSSR count). The average molecular weight is 302 g/mol. The highest BCUT2D eigenvalue weighted by Crippen LogP contribution is 2.28. The first-order chi connectivity index (χ1) is 9.92. The summed E-state index contributed by atoms with van der Waals surface area (Å²) in [5, 5.41) is 2.66. The Balaban J connectivity index is 2.36. The minimum atomic E-state index is -1.17. The SMILES string of the molecule is COCN(C[Si](C)(C)C)[C@@H](C)c1cccc2ccccc12. The summed E-state index contributed by atoms with van der Waals surface area (Å²) in [4.78, 5) is 2.47. The van der Waals surface area contributed by atoms with Crippen LogP contribution in [0, 0.1) is 0 Å². The van der Waals surface area contributed by atoms with Crippen LogP contribution in [-0.2, 0) is 4.74 Å². The van der Waals surface area contributed by atoms with Crippen molar-refractivity contribution in [3.8, 4) is 0 Å². The van der Waals surface area contributed by atoms with Crippen LogP contribution in [0.4, 0.5) is 0 Å². The molecule has 0 aliphatic carbocycles. The first kappa shape index (κ1) is 16.2. The van der Waals surface area contributed by atoms with E-state index in [0.29, 0.717) is 12.8 Å². The number of hydrogen-bond donors (Lipinski definition) is 0. The number of benzene rings is 2. The number of rotatable bonds is 6. The van der Waals surface area contributed by atoms with E-state index in [2.05, 4.69) is 73.9 Å². The average Bonchev–Trinajstić information content (AvgIpc) is 2.44. The Kier molecular flexibility index (Phi) is 5.20. The van der Waals surface area contributed by atoms with Gasteiger partial charge in [0.2, 0.25) is 0 Å². The second kappa shape index (κ2) is 6.73. The third-order valence-corrected chi connectivity index (χ3v) is 5.15. The molecule has 3 heteroatoms. The lowest BCUT2D eigenvalue weighted by molar-refractivity contribution is 0.0500. The van der Waals surface area contributed by atoms with Crippen LogP contribution >= 0.6 is 0 Å². The Morgan fingerprint density at radius 3 is 2.38 bits per heavy atom. The van der Waals surface area contributed by atoms with E-state index >= 15 is 0 Å². The van der Waals surface area contributed by atoms with Gasteiger partial charge in [0.15, 0.2) is 0 Å². The quantitative estimate of drug-likeness (QED) is 0.567. The Bertz CT molecular complexity index is 586. The Hall–Kier alpha value is -1.16. The molecule has 1 atom stereocenters. The summed E-state index contributed by atoms with van der Waals surface area (Å²) >= 11 is 0. The molecular formula is C18H27NOSi. The van der Waals surface area contributed by atoms with Gasteiger partial charge in [-0.15, -0.1) is 0 Å². The number of hydrogen-bond acceptors (Lipinski definition) is 2. The van der Waals surface area contributed by atoms with Crippen LogP contribution in [0.15, 0.2) is 42.5 Å². The zero-order chi connectivity index (χ0) is 15.5. The topological polar surface area (TPSA) is 12.5 Å². The summed E-state index contributed by atoms with van der Waals surface area (Å²) in [6.45, 7) is 10.2. The Morgan fingerprint density at radius 1 is 1.05 bits per heavy atom. The highest BCUT2D eigenvalue weighted by Gasteiger charge is 2.24. The smallest absolute Gasteiger partial charge is 0.0988 e. The molecule has 2 nitrogen and oxygen atoms in total. The number of nitrogens with zero attached hydrogens (tertiary/aromatic N) is 1. The summed E-state index contributed by atoms with van der Waals surface area (Å²) in [7, 11) is 0.610. The first-order valence-corrected chi connectivity index (χ1v) is 11.3. The second-order valence-corrected chi connectivity index (χ2v) is 12.4. The highest BCUT2D eigenvalue weighted by atomic mass is 28.3. The Morgan fingerprint density at radius 2 is 1.71 bits per heavy atom. The van der Waals surface area contributed by atoms with Gasteiger partial charge in [-0.2, -0.15) is 0 Å². The molecule has 0 saturated heterocycles. The van der Waals surface area contributed by atoms with Crippen LogP contribution in [0.25, 0.3) is 10.8 Å². The fourth-order valence-corrected chi connectivity index (χ4v) is 4.46. The van der Waals surface area contributed by atoms with Gasteiger partial charge in [0, 0.05) is 13.2 Å². The van der Waals surface area contributed by atoms with Gasteiger partial charge in [0.25, 0.3) is 0 Å². The van der Waals surface area contributed by atoms with Crippen molar-refractivity contribution in [2.45, 2.75) is 32.6 Å². The van der Waals surface area contributed by atoms with E-state index in [4.69, 9.17) is 4.74 Å². The lowest BCUT2D eigenvalue weighted by Gasteiger charge is -2.34. The third kappa shape index (κ3) is 4.16. The van der Waals surface area contributed by atoms with Crippen LogP contribution < -0.4 is 0 Å². The van der Waals surface area contributed by atoms with E-state index < -0.39 is 8.07 Å². The predicted molar refractivity (Wildman–Crippen MR) is 94.3 cm³/mol. The zero-order valence-electron chi connectivity index (χ0n) is 13.9. The van der Waals surface area contributed by atoms with Crippen molar-refractivity contribution < 1.29 is 4.74 Å². The molecule has 0 aliphatic heterocycles. The van der Waals surface area contributed by atoms with Crippen LogP contribution in [-0.4, -0.2) is 33.0 Å². The van der Waals surface area contributed by atoms with Crippen molar-refractivity contribution >= 4 is 18.8 Å². The fourth-order valence-electron chi connectivity index (χ4n) is 2.88. The number of fused-ring (bicyclic) bond motifs is 1. The molecule has 0 unspecified atom stereocenters.